The van der Waals surface area contributed by atoms with Crippen LogP contribution >= 0.6 is 0 Å². The van der Waals surface area contributed by atoms with Crippen molar-refractivity contribution in [2.75, 3.05) is 13.1 Å². The van der Waals surface area contributed by atoms with E-state index in [9.17, 15) is 22.4 Å². The van der Waals surface area contributed by atoms with Gasteiger partial charge in [-0.15, -0.1) is 0 Å². The van der Waals surface area contributed by atoms with E-state index in [0.29, 0.717) is 5.56 Å². The van der Waals surface area contributed by atoms with E-state index in [1.807, 2.05) is 0 Å². The number of hydrogen-bond donors (Lipinski definition) is 2. The minimum Gasteiger partial charge on any atom is -0.323 e. The summed E-state index contributed by atoms with van der Waals surface area (Å²) >= 11 is 0. The van der Waals surface area contributed by atoms with Crippen LogP contribution in [0.15, 0.2) is 23.1 Å². The fraction of sp³-hybridized carbons (Fsp3) is 0.429. The van der Waals surface area contributed by atoms with Crippen molar-refractivity contribution in [2.45, 2.75) is 30.2 Å². The maximum absolute atomic E-state index is 13.6. The van der Waals surface area contributed by atoms with Gasteiger partial charge < -0.3 is 5.32 Å². The van der Waals surface area contributed by atoms with E-state index in [2.05, 4.69) is 10.6 Å². The number of urea groups is 1. The summed E-state index contributed by atoms with van der Waals surface area (Å²) in [6.07, 6.45) is 0.357. The normalized spacial score (nSPS) is 21.3. The summed E-state index contributed by atoms with van der Waals surface area (Å²) in [5.41, 5.74) is -0.673. The molecule has 7 nitrogen and oxygen atoms in total. The van der Waals surface area contributed by atoms with Crippen LogP contribution in [-0.2, 0) is 14.8 Å². The van der Waals surface area contributed by atoms with E-state index >= 15 is 0 Å². The average Bonchev–Trinajstić information content (AvgIpc) is 2.76. The zero-order valence-electron chi connectivity index (χ0n) is 12.4. The highest BCUT2D eigenvalue weighted by Gasteiger charge is 2.49. The zero-order valence-corrected chi connectivity index (χ0v) is 13.2. The lowest BCUT2D eigenvalue weighted by atomic mass is 9.89. The van der Waals surface area contributed by atoms with Crippen LogP contribution in [0.5, 0.6) is 0 Å². The first kappa shape index (κ1) is 15.9. The Balaban J connectivity index is 1.80. The van der Waals surface area contributed by atoms with Crippen LogP contribution in [0, 0.1) is 12.7 Å². The van der Waals surface area contributed by atoms with Crippen molar-refractivity contribution in [3.63, 3.8) is 0 Å². The Hall–Kier alpha value is -2.00. The molecule has 0 saturated carbocycles. The number of carbonyl (C=O) groups is 2. The molecule has 1 aromatic carbocycles. The second-order valence-corrected chi connectivity index (χ2v) is 7.74. The Morgan fingerprint density at radius 3 is 2.39 bits per heavy atom. The van der Waals surface area contributed by atoms with E-state index in [1.54, 1.807) is 6.92 Å². The molecule has 2 heterocycles. The molecule has 9 heteroatoms. The number of nitrogens with zero attached hydrogens (tertiary/aromatic N) is 1. The molecule has 0 unspecified atom stereocenters. The molecule has 0 radical (unpaired) electrons. The summed E-state index contributed by atoms with van der Waals surface area (Å²) in [5.74, 6) is -1.01. The van der Waals surface area contributed by atoms with Crippen molar-refractivity contribution < 1.29 is 22.4 Å². The number of halogens is 1. The van der Waals surface area contributed by atoms with Crippen molar-refractivity contribution in [1.82, 2.24) is 14.9 Å². The molecule has 2 N–H and O–H groups in total. The van der Waals surface area contributed by atoms with Gasteiger partial charge in [0.2, 0.25) is 10.0 Å². The number of hydrogen-bond acceptors (Lipinski definition) is 4. The van der Waals surface area contributed by atoms with Crippen molar-refractivity contribution in [1.29, 1.82) is 0 Å². The fourth-order valence-electron chi connectivity index (χ4n) is 2.87. The zero-order chi connectivity index (χ0) is 16.8. The second-order valence-electron chi connectivity index (χ2n) is 5.81. The Labute approximate surface area is 132 Å². The predicted octanol–water partition coefficient (Wildman–Crippen LogP) is 0.497. The van der Waals surface area contributed by atoms with Crippen LogP contribution < -0.4 is 10.6 Å². The van der Waals surface area contributed by atoms with Gasteiger partial charge in [0.1, 0.15) is 11.4 Å². The van der Waals surface area contributed by atoms with Gasteiger partial charge in [-0.05, 0) is 37.5 Å². The number of sulfonamides is 1. The molecule has 3 amide bonds. The van der Waals surface area contributed by atoms with Gasteiger partial charge in [0.15, 0.2) is 0 Å². The standard InChI is InChI=1S/C14H16FN3O4S/c1-9-2-3-10(8-11(9)15)23(21,22)18-6-4-14(5-7-18)12(19)16-13(20)17-14/h2-3,8H,4-7H2,1H3,(H2,16,17,19,20). The molecule has 1 aromatic rings. The summed E-state index contributed by atoms with van der Waals surface area (Å²) < 4.78 is 40.0. The first-order valence-corrected chi connectivity index (χ1v) is 8.58. The fourth-order valence-corrected chi connectivity index (χ4v) is 4.33. The molecule has 3 rings (SSSR count). The van der Waals surface area contributed by atoms with Gasteiger partial charge in [0.05, 0.1) is 4.90 Å². The molecule has 2 aliphatic heterocycles. The number of benzene rings is 1. The molecule has 2 aliphatic rings. The molecule has 124 valence electrons. The average molecular weight is 341 g/mol. The van der Waals surface area contributed by atoms with E-state index in [4.69, 9.17) is 0 Å². The van der Waals surface area contributed by atoms with Gasteiger partial charge in [-0.3, -0.25) is 10.1 Å². The Kier molecular flexibility index (Phi) is 3.64. The number of imide groups is 1. The van der Waals surface area contributed by atoms with Crippen molar-refractivity contribution in [3.05, 3.63) is 29.6 Å². The molecule has 0 atom stereocenters. The Morgan fingerprint density at radius 2 is 1.87 bits per heavy atom. The summed E-state index contributed by atoms with van der Waals surface area (Å²) in [7, 11) is -3.83. The van der Waals surface area contributed by atoms with Gasteiger partial charge in [-0.2, -0.15) is 4.31 Å². The third-order valence-corrected chi connectivity index (χ3v) is 6.27. The van der Waals surface area contributed by atoms with Crippen LogP contribution in [0.1, 0.15) is 18.4 Å². The number of nitrogens with one attached hydrogen (secondary N) is 2. The monoisotopic (exact) mass is 341 g/mol. The Bertz CT molecular complexity index is 785. The molecular weight excluding hydrogens is 325 g/mol. The van der Waals surface area contributed by atoms with Gasteiger partial charge in [-0.1, -0.05) is 6.07 Å². The van der Waals surface area contributed by atoms with Gasteiger partial charge in [0, 0.05) is 13.1 Å². The molecule has 2 saturated heterocycles. The van der Waals surface area contributed by atoms with Gasteiger partial charge in [-0.25, -0.2) is 17.6 Å². The highest BCUT2D eigenvalue weighted by molar-refractivity contribution is 7.89. The van der Waals surface area contributed by atoms with Crippen molar-refractivity contribution in [3.8, 4) is 0 Å². The number of amides is 3. The largest absolute Gasteiger partial charge is 0.323 e. The van der Waals surface area contributed by atoms with Crippen LogP contribution in [-0.4, -0.2) is 43.3 Å². The van der Waals surface area contributed by atoms with E-state index < -0.39 is 33.3 Å². The topological polar surface area (TPSA) is 95.6 Å². The molecule has 0 aliphatic carbocycles. The van der Waals surface area contributed by atoms with E-state index in [1.165, 1.54) is 16.4 Å². The first-order valence-electron chi connectivity index (χ1n) is 7.14. The number of piperidine rings is 1. The number of rotatable bonds is 2. The molecule has 1 spiro atoms. The highest BCUT2D eigenvalue weighted by Crippen LogP contribution is 2.29. The molecule has 2 fully saturated rings. The van der Waals surface area contributed by atoms with Crippen molar-refractivity contribution in [2.24, 2.45) is 0 Å². The Morgan fingerprint density at radius 1 is 1.22 bits per heavy atom. The second kappa shape index (κ2) is 5.27. The number of carbonyl (C=O) groups excluding carboxylic acids is 2. The smallest absolute Gasteiger partial charge is 0.322 e. The lowest BCUT2D eigenvalue weighted by Gasteiger charge is -2.36. The maximum atomic E-state index is 13.6. The minimum atomic E-state index is -3.83. The summed E-state index contributed by atoms with van der Waals surface area (Å²) in [6.45, 7) is 1.70. The first-order chi connectivity index (χ1) is 10.7. The van der Waals surface area contributed by atoms with Crippen LogP contribution in [0.3, 0.4) is 0 Å². The van der Waals surface area contributed by atoms with Crippen LogP contribution in [0.4, 0.5) is 9.18 Å². The summed E-state index contributed by atoms with van der Waals surface area (Å²) in [5, 5.41) is 4.74. The quantitative estimate of drug-likeness (QED) is 0.766. The third-order valence-electron chi connectivity index (χ3n) is 4.37. The lowest BCUT2D eigenvalue weighted by Crippen LogP contribution is -2.55. The minimum absolute atomic E-state index is 0.0749. The SMILES string of the molecule is Cc1ccc(S(=O)(=O)N2CCC3(CC2)NC(=O)NC3=O)cc1F. The van der Waals surface area contributed by atoms with E-state index in [-0.39, 0.29) is 30.8 Å². The van der Waals surface area contributed by atoms with E-state index in [0.717, 1.165) is 6.07 Å². The maximum Gasteiger partial charge on any atom is 0.322 e. The molecule has 23 heavy (non-hydrogen) atoms. The summed E-state index contributed by atoms with van der Waals surface area (Å²) in [6, 6.07) is 3.21. The van der Waals surface area contributed by atoms with Crippen LogP contribution in [0.25, 0.3) is 0 Å². The third kappa shape index (κ3) is 2.59. The predicted molar refractivity (Wildman–Crippen MR) is 78.5 cm³/mol. The van der Waals surface area contributed by atoms with Gasteiger partial charge >= 0.3 is 6.03 Å². The van der Waals surface area contributed by atoms with Gasteiger partial charge in [0.25, 0.3) is 5.91 Å². The van der Waals surface area contributed by atoms with Crippen LogP contribution in [0.2, 0.25) is 0 Å². The molecular formula is C14H16FN3O4S. The highest BCUT2D eigenvalue weighted by atomic mass is 32.2. The number of aryl methyl sites for hydroxylation is 1. The lowest BCUT2D eigenvalue weighted by molar-refractivity contribution is -0.125. The molecule has 0 bridgehead atoms. The molecule has 0 aromatic heterocycles. The van der Waals surface area contributed by atoms with Crippen molar-refractivity contribution >= 4 is 22.0 Å². The summed E-state index contributed by atoms with van der Waals surface area (Å²) in [4.78, 5) is 23.0.